The first-order valence-electron chi connectivity index (χ1n) is 22.4. The molecule has 0 radical (unpaired) electrons. The molecule has 0 amide bonds. The zero-order valence-electron chi connectivity index (χ0n) is 39.2. The lowest BCUT2D eigenvalue weighted by Gasteiger charge is -2.20. The largest absolute Gasteiger partial charge is 0.488 e. The summed E-state index contributed by atoms with van der Waals surface area (Å²) < 4.78 is 25.2. The van der Waals surface area contributed by atoms with Crippen LogP contribution in [0.15, 0.2) is 97.6 Å². The van der Waals surface area contributed by atoms with E-state index in [-0.39, 0.29) is 65.4 Å². The number of aromatic nitrogens is 2. The summed E-state index contributed by atoms with van der Waals surface area (Å²) in [6.45, 7) is 6.68. The number of carboxylic acids is 2. The second kappa shape index (κ2) is 25.0. The molecule has 18 heteroatoms. The summed E-state index contributed by atoms with van der Waals surface area (Å²) in [5.41, 5.74) is 7.26. The molecule has 71 heavy (non-hydrogen) atoms. The maximum atomic E-state index is 11.4. The molecule has 368 valence electrons. The van der Waals surface area contributed by atoms with Crippen LogP contribution in [0.3, 0.4) is 0 Å². The van der Waals surface area contributed by atoms with Crippen LogP contribution in [0.25, 0.3) is 11.1 Å². The van der Waals surface area contributed by atoms with Crippen molar-refractivity contribution in [2.75, 3.05) is 13.1 Å². The van der Waals surface area contributed by atoms with Gasteiger partial charge in [0.25, 0.3) is 0 Å². The van der Waals surface area contributed by atoms with Crippen LogP contribution >= 0.6 is 23.2 Å². The highest BCUT2D eigenvalue weighted by molar-refractivity contribution is 6.32. The molecule has 16 nitrogen and oxygen atoms in total. The van der Waals surface area contributed by atoms with E-state index < -0.39 is 23.6 Å². The fourth-order valence-corrected chi connectivity index (χ4v) is 7.80. The van der Waals surface area contributed by atoms with Crippen LogP contribution < -0.4 is 29.6 Å². The Balaban J connectivity index is 1.18. The second-order valence-electron chi connectivity index (χ2n) is 16.8. The second-order valence-corrected chi connectivity index (χ2v) is 17.6. The summed E-state index contributed by atoms with van der Waals surface area (Å²) in [4.78, 5) is 30.7. The molecule has 0 bridgehead atoms. The van der Waals surface area contributed by atoms with Gasteiger partial charge in [-0.05, 0) is 104 Å². The lowest BCUT2D eigenvalue weighted by Crippen LogP contribution is -2.37. The van der Waals surface area contributed by atoms with Gasteiger partial charge in [-0.25, -0.2) is 9.59 Å². The van der Waals surface area contributed by atoms with E-state index in [1.165, 1.54) is 19.3 Å². The molecular formula is C53H52Cl2N6O10. The Labute approximate surface area is 421 Å². The minimum Gasteiger partial charge on any atom is -0.488 e. The standard InChI is InChI=1S/C53H52Cl2N6O10/c1-32-38(30-70-49-18-47(68-28-36-14-34(20-56)22-60-24-36)40(16-44(49)54)26-58-12-10-46(62)51(63)64)6-4-8-42(32)43-9-5-7-39(33(43)2)31-71-50-19-48(69-29-37-15-35(21-57)23-61-25-37)41(17-45(50)55)27-59-13-11-53(3,67)52(65)66/h4-9,14-19,22-25,46,58-59,62,67H,10-13,26-31H2,1-3H3,(H,63,64)(H,65,66)/t46-,53+/m0/s1. The Bertz CT molecular complexity index is 2960. The number of hydrogen-bond acceptors (Lipinski definition) is 14. The minimum atomic E-state index is -1.90. The minimum absolute atomic E-state index is 0.00134. The van der Waals surface area contributed by atoms with Gasteiger partial charge in [-0.1, -0.05) is 59.6 Å². The molecule has 6 aromatic rings. The smallest absolute Gasteiger partial charge is 0.335 e. The van der Waals surface area contributed by atoms with E-state index in [2.05, 4.69) is 32.7 Å². The topological polar surface area (TPSA) is 249 Å². The van der Waals surface area contributed by atoms with Crippen LogP contribution in [0.2, 0.25) is 10.0 Å². The van der Waals surface area contributed by atoms with Crippen LogP contribution in [-0.4, -0.2) is 67.1 Å². The van der Waals surface area contributed by atoms with Gasteiger partial charge in [0.15, 0.2) is 11.7 Å². The van der Waals surface area contributed by atoms with Gasteiger partial charge in [0.05, 0.1) is 21.2 Å². The number of nitriles is 2. The van der Waals surface area contributed by atoms with Crippen molar-refractivity contribution in [2.45, 2.75) is 84.8 Å². The van der Waals surface area contributed by atoms with E-state index in [9.17, 15) is 35.4 Å². The number of aliphatic hydroxyl groups is 2. The normalized spacial score (nSPS) is 12.2. The van der Waals surface area contributed by atoms with E-state index in [1.54, 1.807) is 48.8 Å². The molecule has 0 fully saturated rings. The van der Waals surface area contributed by atoms with Gasteiger partial charge in [0.2, 0.25) is 0 Å². The molecule has 0 unspecified atom stereocenters. The van der Waals surface area contributed by atoms with Crippen molar-refractivity contribution in [3.63, 3.8) is 0 Å². The van der Waals surface area contributed by atoms with Crippen molar-refractivity contribution in [3.05, 3.63) is 163 Å². The number of rotatable bonds is 25. The van der Waals surface area contributed by atoms with E-state index in [0.29, 0.717) is 66.4 Å². The molecule has 0 aliphatic heterocycles. The Morgan fingerprint density at radius 2 is 1.11 bits per heavy atom. The number of nitrogens with one attached hydrogen (secondary N) is 2. The lowest BCUT2D eigenvalue weighted by molar-refractivity contribution is -0.157. The molecular weight excluding hydrogens is 952 g/mol. The predicted molar refractivity (Wildman–Crippen MR) is 264 cm³/mol. The zero-order valence-corrected chi connectivity index (χ0v) is 40.7. The van der Waals surface area contributed by atoms with Gasteiger partial charge >= 0.3 is 11.9 Å². The number of aliphatic carboxylic acids is 2. The number of ether oxygens (including phenoxy) is 4. The van der Waals surface area contributed by atoms with E-state index in [0.717, 1.165) is 33.4 Å². The summed E-state index contributed by atoms with van der Waals surface area (Å²) in [5, 5.41) is 63.9. The van der Waals surface area contributed by atoms with Gasteiger partial charge in [-0.3, -0.25) is 9.97 Å². The van der Waals surface area contributed by atoms with Crippen LogP contribution in [-0.2, 0) is 49.1 Å². The molecule has 2 heterocycles. The Kier molecular flexibility index (Phi) is 18.7. The van der Waals surface area contributed by atoms with E-state index in [1.807, 2.05) is 50.2 Å². The van der Waals surface area contributed by atoms with Crippen molar-refractivity contribution in [2.24, 2.45) is 0 Å². The molecule has 0 saturated carbocycles. The monoisotopic (exact) mass is 1000 g/mol. The third-order valence-corrected chi connectivity index (χ3v) is 12.2. The van der Waals surface area contributed by atoms with Crippen molar-refractivity contribution < 1.29 is 49.0 Å². The fourth-order valence-electron chi connectivity index (χ4n) is 7.32. The average molecular weight is 1000 g/mol. The summed E-state index contributed by atoms with van der Waals surface area (Å²) in [5.74, 6) is -1.01. The van der Waals surface area contributed by atoms with E-state index in [4.69, 9.17) is 47.3 Å². The van der Waals surface area contributed by atoms with Crippen molar-refractivity contribution >= 4 is 35.1 Å². The maximum Gasteiger partial charge on any atom is 0.335 e. The number of halogens is 2. The number of aliphatic hydroxyl groups excluding tert-OH is 1. The Morgan fingerprint density at radius 1 is 0.662 bits per heavy atom. The Morgan fingerprint density at radius 3 is 1.55 bits per heavy atom. The molecule has 0 spiro atoms. The molecule has 6 N–H and O–H groups in total. The first-order valence-corrected chi connectivity index (χ1v) is 23.1. The number of pyridine rings is 2. The molecule has 0 saturated heterocycles. The lowest BCUT2D eigenvalue weighted by atomic mass is 9.92. The fraction of sp³-hybridized carbons (Fsp3) is 0.283. The van der Waals surface area contributed by atoms with Crippen LogP contribution in [0, 0.1) is 36.5 Å². The van der Waals surface area contributed by atoms with Crippen molar-refractivity contribution in [1.82, 2.24) is 20.6 Å². The molecule has 4 aromatic carbocycles. The zero-order chi connectivity index (χ0) is 51.1. The first kappa shape index (κ1) is 53.1. The molecule has 6 rings (SSSR count). The van der Waals surface area contributed by atoms with Gasteiger partial charge in [-0.15, -0.1) is 0 Å². The van der Waals surface area contributed by atoms with Gasteiger partial charge in [0.1, 0.15) is 61.6 Å². The first-order chi connectivity index (χ1) is 34.1. The summed E-state index contributed by atoms with van der Waals surface area (Å²) >= 11 is 13.6. The quantitative estimate of drug-likeness (QED) is 0.0295. The summed E-state index contributed by atoms with van der Waals surface area (Å²) in [6, 6.07) is 26.2. The Hall–Kier alpha value is -7.28. The predicted octanol–water partition coefficient (Wildman–Crippen LogP) is 8.37. The van der Waals surface area contributed by atoms with Crippen molar-refractivity contribution in [3.8, 4) is 46.3 Å². The third-order valence-electron chi connectivity index (χ3n) is 11.6. The SMILES string of the molecule is Cc1c(COc2cc(OCc3cncc(C#N)c3)c(CNCC[C@H](O)C(=O)O)cc2Cl)cccc1-c1cccc(COc2cc(OCc3cncc(C#N)c3)c(CNCC[C@@](C)(O)C(=O)O)cc2Cl)c1C. The van der Waals surface area contributed by atoms with Gasteiger partial charge in [-0.2, -0.15) is 10.5 Å². The van der Waals surface area contributed by atoms with Gasteiger partial charge in [0, 0.05) is 72.3 Å². The maximum absolute atomic E-state index is 11.4. The highest BCUT2D eigenvalue weighted by Crippen LogP contribution is 2.37. The molecule has 2 aromatic heterocycles. The molecule has 0 aliphatic rings. The summed E-state index contributed by atoms with van der Waals surface area (Å²) in [6.07, 6.45) is 4.59. The highest BCUT2D eigenvalue weighted by atomic mass is 35.5. The van der Waals surface area contributed by atoms with Crippen molar-refractivity contribution in [1.29, 1.82) is 10.5 Å². The molecule has 0 aliphatic carbocycles. The number of carboxylic acid groups (broad SMARTS) is 2. The van der Waals surface area contributed by atoms with Crippen LogP contribution in [0.4, 0.5) is 0 Å². The molecule has 2 atom stereocenters. The number of nitrogens with zero attached hydrogens (tertiary/aromatic N) is 4. The van der Waals surface area contributed by atoms with Crippen LogP contribution in [0.1, 0.15) is 75.4 Å². The number of benzene rings is 4. The highest BCUT2D eigenvalue weighted by Gasteiger charge is 2.29. The van der Waals surface area contributed by atoms with Crippen LogP contribution in [0.5, 0.6) is 23.0 Å². The number of hydrogen-bond donors (Lipinski definition) is 6. The van der Waals surface area contributed by atoms with E-state index >= 15 is 0 Å². The average Bonchev–Trinajstić information content (AvgIpc) is 3.36. The van der Waals surface area contributed by atoms with Gasteiger partial charge < -0.3 is 50.0 Å². The number of carbonyl (C=O) groups is 2. The summed E-state index contributed by atoms with van der Waals surface area (Å²) in [7, 11) is 0. The third kappa shape index (κ3) is 14.6.